The summed E-state index contributed by atoms with van der Waals surface area (Å²) >= 11 is 0. The molecule has 0 amide bonds. The number of aromatic nitrogens is 3. The number of para-hydroxylation sites is 1. The SMILES string of the molecule is COc1cccc(OC)c1-n1c(-c2cccc(C(=O)O)c2)nnc1-c1ccc(C)o1. The fourth-order valence-corrected chi connectivity index (χ4v) is 3.24. The highest BCUT2D eigenvalue weighted by Gasteiger charge is 2.25. The quantitative estimate of drug-likeness (QED) is 0.513. The normalized spacial score (nSPS) is 10.8. The van der Waals surface area contributed by atoms with Gasteiger partial charge in [-0.3, -0.25) is 4.57 Å². The molecular formula is C22H19N3O5. The number of aromatic carboxylic acids is 1. The zero-order valence-electron chi connectivity index (χ0n) is 16.6. The van der Waals surface area contributed by atoms with E-state index < -0.39 is 5.97 Å². The molecule has 4 rings (SSSR count). The van der Waals surface area contributed by atoms with Crippen LogP contribution in [0.1, 0.15) is 16.1 Å². The van der Waals surface area contributed by atoms with Gasteiger partial charge in [0, 0.05) is 5.56 Å². The van der Waals surface area contributed by atoms with Crippen LogP contribution in [0, 0.1) is 6.92 Å². The van der Waals surface area contributed by atoms with E-state index in [1.165, 1.54) is 6.07 Å². The van der Waals surface area contributed by atoms with Crippen LogP contribution in [0.25, 0.3) is 28.7 Å². The van der Waals surface area contributed by atoms with Gasteiger partial charge in [0.2, 0.25) is 5.82 Å². The van der Waals surface area contributed by atoms with Gasteiger partial charge in [0.15, 0.2) is 11.6 Å². The maximum atomic E-state index is 11.5. The fourth-order valence-electron chi connectivity index (χ4n) is 3.24. The lowest BCUT2D eigenvalue weighted by atomic mass is 10.1. The number of carboxylic acids is 1. The van der Waals surface area contributed by atoms with Gasteiger partial charge in [-0.25, -0.2) is 4.79 Å². The first kappa shape index (κ1) is 19.3. The Balaban J connectivity index is 2.05. The molecule has 2 aromatic carbocycles. The second-order valence-corrected chi connectivity index (χ2v) is 6.49. The van der Waals surface area contributed by atoms with Crippen LogP contribution in [0.4, 0.5) is 0 Å². The van der Waals surface area contributed by atoms with E-state index >= 15 is 0 Å². The number of nitrogens with zero attached hydrogens (tertiary/aromatic N) is 3. The van der Waals surface area contributed by atoms with Gasteiger partial charge in [0.1, 0.15) is 22.9 Å². The second-order valence-electron chi connectivity index (χ2n) is 6.49. The standard InChI is InChI=1S/C22H19N3O5/c1-13-10-11-18(30-13)21-24-23-20(14-6-4-7-15(12-14)22(26)27)25(21)19-16(28-2)8-5-9-17(19)29-3/h4-12H,1-3H3,(H,26,27). The molecule has 0 aliphatic carbocycles. The highest BCUT2D eigenvalue weighted by atomic mass is 16.5. The number of hydrogen-bond donors (Lipinski definition) is 1. The van der Waals surface area contributed by atoms with Gasteiger partial charge in [-0.2, -0.15) is 0 Å². The predicted molar refractivity (Wildman–Crippen MR) is 109 cm³/mol. The van der Waals surface area contributed by atoms with E-state index in [4.69, 9.17) is 13.9 Å². The smallest absolute Gasteiger partial charge is 0.335 e. The van der Waals surface area contributed by atoms with Crippen LogP contribution in [0.5, 0.6) is 11.5 Å². The average Bonchev–Trinajstić information content (AvgIpc) is 3.39. The maximum absolute atomic E-state index is 11.5. The van der Waals surface area contributed by atoms with Crippen LogP contribution >= 0.6 is 0 Å². The summed E-state index contributed by atoms with van der Waals surface area (Å²) in [5.74, 6) is 2.13. The zero-order chi connectivity index (χ0) is 21.3. The average molecular weight is 405 g/mol. The summed E-state index contributed by atoms with van der Waals surface area (Å²) in [5.41, 5.74) is 1.29. The maximum Gasteiger partial charge on any atom is 0.335 e. The third kappa shape index (κ3) is 3.28. The molecule has 0 saturated carbocycles. The van der Waals surface area contributed by atoms with Gasteiger partial charge in [-0.1, -0.05) is 18.2 Å². The predicted octanol–water partition coefficient (Wildman–Crippen LogP) is 4.22. The minimum Gasteiger partial charge on any atom is -0.494 e. The molecule has 2 heterocycles. The number of hydrogen-bond acceptors (Lipinski definition) is 6. The first-order chi connectivity index (χ1) is 14.5. The van der Waals surface area contributed by atoms with Crippen molar-refractivity contribution in [1.82, 2.24) is 14.8 Å². The highest BCUT2D eigenvalue weighted by Crippen LogP contribution is 2.38. The lowest BCUT2D eigenvalue weighted by Crippen LogP contribution is -2.05. The number of rotatable bonds is 6. The Bertz CT molecular complexity index is 1200. The summed E-state index contributed by atoms with van der Waals surface area (Å²) in [7, 11) is 3.12. The van der Waals surface area contributed by atoms with Crippen molar-refractivity contribution < 1.29 is 23.8 Å². The molecule has 8 nitrogen and oxygen atoms in total. The molecule has 0 saturated heterocycles. The Morgan fingerprint density at radius 2 is 1.63 bits per heavy atom. The molecule has 8 heteroatoms. The third-order valence-electron chi connectivity index (χ3n) is 4.62. The first-order valence-corrected chi connectivity index (χ1v) is 9.10. The summed E-state index contributed by atoms with van der Waals surface area (Å²) in [6.45, 7) is 1.84. The van der Waals surface area contributed by atoms with E-state index in [0.717, 1.165) is 5.76 Å². The number of aryl methyl sites for hydroxylation is 1. The molecule has 0 atom stereocenters. The zero-order valence-corrected chi connectivity index (χ0v) is 16.6. The van der Waals surface area contributed by atoms with Crippen molar-refractivity contribution in [2.75, 3.05) is 14.2 Å². The molecule has 0 bridgehead atoms. The summed E-state index contributed by atoms with van der Waals surface area (Å²) in [4.78, 5) is 11.5. The van der Waals surface area contributed by atoms with Crippen LogP contribution in [-0.4, -0.2) is 40.1 Å². The Labute approximate surface area is 172 Å². The molecule has 30 heavy (non-hydrogen) atoms. The molecule has 0 spiro atoms. The number of benzene rings is 2. The molecule has 1 N–H and O–H groups in total. The molecule has 0 fully saturated rings. The van der Waals surface area contributed by atoms with Crippen molar-refractivity contribution in [3.63, 3.8) is 0 Å². The highest BCUT2D eigenvalue weighted by molar-refractivity contribution is 5.89. The number of carboxylic acid groups (broad SMARTS) is 1. The van der Waals surface area contributed by atoms with Gasteiger partial charge in [-0.05, 0) is 43.3 Å². The van der Waals surface area contributed by atoms with E-state index in [1.54, 1.807) is 55.2 Å². The minimum absolute atomic E-state index is 0.143. The van der Waals surface area contributed by atoms with Crippen LogP contribution in [0.3, 0.4) is 0 Å². The molecule has 2 aromatic heterocycles. The summed E-state index contributed by atoms with van der Waals surface area (Å²) in [6, 6.07) is 15.5. The minimum atomic E-state index is -1.03. The molecule has 0 unspecified atom stereocenters. The van der Waals surface area contributed by atoms with Gasteiger partial charge >= 0.3 is 5.97 Å². The Kier molecular flexibility index (Phi) is 4.97. The van der Waals surface area contributed by atoms with Gasteiger partial charge in [0.05, 0.1) is 19.8 Å². The summed E-state index contributed by atoms with van der Waals surface area (Å²) < 4.78 is 18.7. The Morgan fingerprint density at radius 1 is 0.967 bits per heavy atom. The van der Waals surface area contributed by atoms with E-state index in [2.05, 4.69) is 10.2 Å². The lowest BCUT2D eigenvalue weighted by Gasteiger charge is -2.17. The van der Waals surface area contributed by atoms with Crippen LogP contribution in [-0.2, 0) is 0 Å². The molecular weight excluding hydrogens is 386 g/mol. The number of carbonyl (C=O) groups is 1. The Hall–Kier alpha value is -4.07. The molecule has 0 aliphatic heterocycles. The van der Waals surface area contributed by atoms with E-state index in [9.17, 15) is 9.90 Å². The van der Waals surface area contributed by atoms with Gasteiger partial charge in [-0.15, -0.1) is 10.2 Å². The lowest BCUT2D eigenvalue weighted by molar-refractivity contribution is 0.0697. The fraction of sp³-hybridized carbons (Fsp3) is 0.136. The van der Waals surface area contributed by atoms with Crippen molar-refractivity contribution in [2.45, 2.75) is 6.92 Å². The van der Waals surface area contributed by atoms with Crippen molar-refractivity contribution in [3.8, 4) is 40.2 Å². The summed E-state index contributed by atoms with van der Waals surface area (Å²) in [5, 5.41) is 18.1. The van der Waals surface area contributed by atoms with Crippen LogP contribution in [0.15, 0.2) is 59.0 Å². The van der Waals surface area contributed by atoms with E-state index in [-0.39, 0.29) is 5.56 Å². The topological polar surface area (TPSA) is 99.6 Å². The first-order valence-electron chi connectivity index (χ1n) is 9.10. The largest absolute Gasteiger partial charge is 0.494 e. The number of methoxy groups -OCH3 is 2. The van der Waals surface area contributed by atoms with Crippen LogP contribution in [0.2, 0.25) is 0 Å². The molecule has 0 radical (unpaired) electrons. The third-order valence-corrected chi connectivity index (χ3v) is 4.62. The number of ether oxygens (including phenoxy) is 2. The van der Waals surface area contributed by atoms with Crippen molar-refractivity contribution in [3.05, 3.63) is 65.9 Å². The van der Waals surface area contributed by atoms with E-state index in [0.29, 0.717) is 40.2 Å². The number of furan rings is 1. The van der Waals surface area contributed by atoms with E-state index in [1.807, 2.05) is 19.1 Å². The monoisotopic (exact) mass is 405 g/mol. The summed E-state index contributed by atoms with van der Waals surface area (Å²) in [6.07, 6.45) is 0. The van der Waals surface area contributed by atoms with Crippen molar-refractivity contribution in [1.29, 1.82) is 0 Å². The molecule has 152 valence electrons. The van der Waals surface area contributed by atoms with Gasteiger partial charge < -0.3 is 19.0 Å². The van der Waals surface area contributed by atoms with Crippen molar-refractivity contribution in [2.24, 2.45) is 0 Å². The molecule has 0 aliphatic rings. The van der Waals surface area contributed by atoms with Gasteiger partial charge in [0.25, 0.3) is 0 Å². The Morgan fingerprint density at radius 3 is 2.23 bits per heavy atom. The second kappa shape index (κ2) is 7.75. The van der Waals surface area contributed by atoms with Crippen molar-refractivity contribution >= 4 is 5.97 Å². The molecule has 4 aromatic rings. The van der Waals surface area contributed by atoms with Crippen LogP contribution < -0.4 is 9.47 Å².